The van der Waals surface area contributed by atoms with E-state index >= 15 is 0 Å². The molecule has 0 spiro atoms. The molecule has 0 aliphatic heterocycles. The summed E-state index contributed by atoms with van der Waals surface area (Å²) in [4.78, 5) is 13.1. The minimum Gasteiger partial charge on any atom is -0.496 e. The second-order valence-corrected chi connectivity index (χ2v) is 5.17. The van der Waals surface area contributed by atoms with Crippen LogP contribution in [-0.4, -0.2) is 19.1 Å². The number of hydrogen-bond donors (Lipinski definition) is 0. The van der Waals surface area contributed by atoms with Crippen LogP contribution in [0.3, 0.4) is 0 Å². The number of carbonyl (C=O) groups excluding carboxylic acids is 1. The first-order valence-corrected chi connectivity index (χ1v) is 7.56. The standard InChI is InChI=1S/C17H15FO2S/c1-20-16-11-13(7-9-17(16)21-2)15(19)8-6-12-4-3-5-14(18)10-12/h3-11H,1-2H3/b8-6+. The molecule has 21 heavy (non-hydrogen) atoms. The molecule has 4 heteroatoms. The van der Waals surface area contributed by atoms with Crippen molar-refractivity contribution in [2.24, 2.45) is 0 Å². The van der Waals surface area contributed by atoms with Gasteiger partial charge in [0.25, 0.3) is 0 Å². The van der Waals surface area contributed by atoms with E-state index in [1.807, 2.05) is 12.3 Å². The van der Waals surface area contributed by atoms with Crippen molar-refractivity contribution in [3.05, 3.63) is 65.5 Å². The number of halogens is 1. The van der Waals surface area contributed by atoms with Gasteiger partial charge in [0.2, 0.25) is 0 Å². The molecule has 2 rings (SSSR count). The maximum atomic E-state index is 13.1. The van der Waals surface area contributed by atoms with Crippen LogP contribution < -0.4 is 4.74 Å². The largest absolute Gasteiger partial charge is 0.496 e. The fourth-order valence-corrected chi connectivity index (χ4v) is 2.42. The van der Waals surface area contributed by atoms with Crippen molar-refractivity contribution >= 4 is 23.6 Å². The smallest absolute Gasteiger partial charge is 0.185 e. The zero-order valence-electron chi connectivity index (χ0n) is 11.8. The maximum Gasteiger partial charge on any atom is 0.185 e. The number of ketones is 1. The first-order chi connectivity index (χ1) is 10.1. The van der Waals surface area contributed by atoms with Gasteiger partial charge in [-0.1, -0.05) is 18.2 Å². The van der Waals surface area contributed by atoms with E-state index in [1.54, 1.807) is 49.2 Å². The summed E-state index contributed by atoms with van der Waals surface area (Å²) in [6, 6.07) is 11.4. The maximum absolute atomic E-state index is 13.1. The van der Waals surface area contributed by atoms with Crippen molar-refractivity contribution in [3.63, 3.8) is 0 Å². The Morgan fingerprint density at radius 2 is 2.05 bits per heavy atom. The first-order valence-electron chi connectivity index (χ1n) is 6.34. The number of rotatable bonds is 5. The number of allylic oxidation sites excluding steroid dienone is 1. The molecule has 0 aliphatic rings. The molecule has 108 valence electrons. The number of benzene rings is 2. The molecular formula is C17H15FO2S. The second kappa shape index (κ2) is 7.09. The molecular weight excluding hydrogens is 287 g/mol. The summed E-state index contributed by atoms with van der Waals surface area (Å²) in [7, 11) is 1.58. The third-order valence-electron chi connectivity index (χ3n) is 2.94. The van der Waals surface area contributed by atoms with Crippen LogP contribution >= 0.6 is 11.8 Å². The van der Waals surface area contributed by atoms with Gasteiger partial charge in [0.1, 0.15) is 11.6 Å². The van der Waals surface area contributed by atoms with Crippen molar-refractivity contribution in [2.45, 2.75) is 4.90 Å². The third-order valence-corrected chi connectivity index (χ3v) is 3.72. The van der Waals surface area contributed by atoms with E-state index in [-0.39, 0.29) is 11.6 Å². The highest BCUT2D eigenvalue weighted by Gasteiger charge is 2.07. The SMILES string of the molecule is COc1cc(C(=O)/C=C/c2cccc(F)c2)ccc1SC. The Hall–Kier alpha value is -2.07. The Balaban J connectivity index is 2.20. The Labute approximate surface area is 127 Å². The number of methoxy groups -OCH3 is 1. The van der Waals surface area contributed by atoms with E-state index in [1.165, 1.54) is 18.2 Å². The normalized spacial score (nSPS) is 10.8. The molecule has 0 N–H and O–H groups in total. The highest BCUT2D eigenvalue weighted by atomic mass is 32.2. The van der Waals surface area contributed by atoms with E-state index in [4.69, 9.17) is 4.74 Å². The summed E-state index contributed by atoms with van der Waals surface area (Å²) in [5.41, 5.74) is 1.19. The van der Waals surface area contributed by atoms with Crippen molar-refractivity contribution in [2.75, 3.05) is 13.4 Å². The predicted octanol–water partition coefficient (Wildman–Crippen LogP) is 4.45. The minimum atomic E-state index is -0.324. The van der Waals surface area contributed by atoms with Crippen LogP contribution in [0, 0.1) is 5.82 Å². The molecule has 0 saturated heterocycles. The van der Waals surface area contributed by atoms with Crippen molar-refractivity contribution in [1.82, 2.24) is 0 Å². The lowest BCUT2D eigenvalue weighted by atomic mass is 10.1. The average molecular weight is 302 g/mol. The number of carbonyl (C=O) groups is 1. The average Bonchev–Trinajstić information content (AvgIpc) is 2.52. The lowest BCUT2D eigenvalue weighted by Gasteiger charge is -2.07. The van der Waals surface area contributed by atoms with Crippen LogP contribution in [0.1, 0.15) is 15.9 Å². The molecule has 0 atom stereocenters. The molecule has 0 aliphatic carbocycles. The van der Waals surface area contributed by atoms with Crippen LogP contribution in [0.5, 0.6) is 5.75 Å². The molecule has 0 unspecified atom stereocenters. The van der Waals surface area contributed by atoms with Gasteiger partial charge in [0, 0.05) is 10.5 Å². The third kappa shape index (κ3) is 3.95. The Morgan fingerprint density at radius 3 is 2.71 bits per heavy atom. The zero-order chi connectivity index (χ0) is 15.2. The number of hydrogen-bond acceptors (Lipinski definition) is 3. The molecule has 0 radical (unpaired) electrons. The summed E-state index contributed by atoms with van der Waals surface area (Å²) in [5, 5.41) is 0. The van der Waals surface area contributed by atoms with E-state index < -0.39 is 0 Å². The molecule has 0 amide bonds. The van der Waals surface area contributed by atoms with Gasteiger partial charge in [-0.2, -0.15) is 0 Å². The van der Waals surface area contributed by atoms with E-state index in [2.05, 4.69) is 0 Å². The van der Waals surface area contributed by atoms with Crippen molar-refractivity contribution in [1.29, 1.82) is 0 Å². The van der Waals surface area contributed by atoms with Gasteiger partial charge in [-0.25, -0.2) is 4.39 Å². The highest BCUT2D eigenvalue weighted by Crippen LogP contribution is 2.28. The van der Waals surface area contributed by atoms with Gasteiger partial charge in [-0.3, -0.25) is 4.79 Å². The molecule has 0 bridgehead atoms. The van der Waals surface area contributed by atoms with Gasteiger partial charge in [0.05, 0.1) is 7.11 Å². The topological polar surface area (TPSA) is 26.3 Å². The summed E-state index contributed by atoms with van der Waals surface area (Å²) in [6.45, 7) is 0. The van der Waals surface area contributed by atoms with Crippen LogP contribution in [0.4, 0.5) is 4.39 Å². The van der Waals surface area contributed by atoms with Gasteiger partial charge >= 0.3 is 0 Å². The number of ether oxygens (including phenoxy) is 1. The van der Waals surface area contributed by atoms with Gasteiger partial charge in [-0.05, 0) is 48.2 Å². The molecule has 2 aromatic carbocycles. The molecule has 0 fully saturated rings. The zero-order valence-corrected chi connectivity index (χ0v) is 12.6. The van der Waals surface area contributed by atoms with Gasteiger partial charge in [-0.15, -0.1) is 11.8 Å². The molecule has 2 nitrogen and oxygen atoms in total. The first kappa shape index (κ1) is 15.3. The fraction of sp³-hybridized carbons (Fsp3) is 0.118. The van der Waals surface area contributed by atoms with Crippen LogP contribution in [0.25, 0.3) is 6.08 Å². The van der Waals surface area contributed by atoms with Crippen molar-refractivity contribution in [3.8, 4) is 5.75 Å². The molecule has 0 heterocycles. The summed E-state index contributed by atoms with van der Waals surface area (Å²) >= 11 is 1.56. The molecule has 2 aromatic rings. The Kier molecular flexibility index (Phi) is 5.17. The molecule has 0 aromatic heterocycles. The lowest BCUT2D eigenvalue weighted by molar-refractivity contribution is 0.104. The summed E-state index contributed by atoms with van der Waals surface area (Å²) in [5.74, 6) is 0.202. The molecule has 0 saturated carbocycles. The van der Waals surface area contributed by atoms with E-state index in [0.717, 1.165) is 4.90 Å². The van der Waals surface area contributed by atoms with Crippen LogP contribution in [0.2, 0.25) is 0 Å². The van der Waals surface area contributed by atoms with Gasteiger partial charge in [0.15, 0.2) is 5.78 Å². The predicted molar refractivity (Wildman–Crippen MR) is 84.5 cm³/mol. The monoisotopic (exact) mass is 302 g/mol. The highest BCUT2D eigenvalue weighted by molar-refractivity contribution is 7.98. The Morgan fingerprint density at radius 1 is 1.24 bits per heavy atom. The Bertz CT molecular complexity index is 680. The van der Waals surface area contributed by atoms with E-state index in [9.17, 15) is 9.18 Å². The minimum absolute atomic E-state index is 0.148. The summed E-state index contributed by atoms with van der Waals surface area (Å²) in [6.07, 6.45) is 4.98. The fourth-order valence-electron chi connectivity index (χ4n) is 1.87. The quantitative estimate of drug-likeness (QED) is 0.463. The van der Waals surface area contributed by atoms with E-state index in [0.29, 0.717) is 16.9 Å². The lowest BCUT2D eigenvalue weighted by Crippen LogP contribution is -1.96. The second-order valence-electron chi connectivity index (χ2n) is 4.32. The van der Waals surface area contributed by atoms with Crippen LogP contribution in [0.15, 0.2) is 53.4 Å². The van der Waals surface area contributed by atoms with Crippen molar-refractivity contribution < 1.29 is 13.9 Å². The van der Waals surface area contributed by atoms with Gasteiger partial charge < -0.3 is 4.74 Å². The summed E-state index contributed by atoms with van der Waals surface area (Å²) < 4.78 is 18.3. The van der Waals surface area contributed by atoms with Crippen LogP contribution in [-0.2, 0) is 0 Å². The number of thioether (sulfide) groups is 1.